The highest BCUT2D eigenvalue weighted by atomic mass is 35.5. The normalized spacial score (nSPS) is 10.0. The fraction of sp³-hybridized carbons (Fsp3) is 0.0714. The van der Waals surface area contributed by atoms with Crippen LogP contribution in [-0.2, 0) is 0 Å². The van der Waals surface area contributed by atoms with Gasteiger partial charge in [0.05, 0.1) is 0 Å². The minimum Gasteiger partial charge on any atom is -0.268 e. The van der Waals surface area contributed by atoms with E-state index < -0.39 is 0 Å². The van der Waals surface area contributed by atoms with E-state index in [4.69, 9.17) is 11.8 Å². The molecule has 86 valence electrons. The topological polar surface area (TPSA) is 29.1 Å². The summed E-state index contributed by atoms with van der Waals surface area (Å²) < 4.78 is 0. The van der Waals surface area contributed by atoms with Crippen molar-refractivity contribution in [3.05, 3.63) is 59.7 Å². The minimum atomic E-state index is -0.287. The summed E-state index contributed by atoms with van der Waals surface area (Å²) in [7, 11) is 0. The number of rotatable bonds is 2. The molecule has 17 heavy (non-hydrogen) atoms. The van der Waals surface area contributed by atoms with Gasteiger partial charge in [0, 0.05) is 17.3 Å². The van der Waals surface area contributed by atoms with Gasteiger partial charge in [-0.2, -0.15) is 0 Å². The van der Waals surface area contributed by atoms with E-state index in [9.17, 15) is 4.79 Å². The van der Waals surface area contributed by atoms with Gasteiger partial charge in [0.2, 0.25) is 0 Å². The van der Waals surface area contributed by atoms with Crippen molar-refractivity contribution in [2.45, 2.75) is 6.92 Å². The first-order valence-electron chi connectivity index (χ1n) is 5.29. The van der Waals surface area contributed by atoms with E-state index in [0.717, 1.165) is 16.7 Å². The molecule has 2 aromatic carbocycles. The van der Waals surface area contributed by atoms with E-state index in [2.05, 4.69) is 4.84 Å². The molecular formula is C14H12ClNO. The third kappa shape index (κ3) is 2.48. The Morgan fingerprint density at radius 2 is 1.82 bits per heavy atom. The molecule has 1 N–H and O–H groups in total. The Labute approximate surface area is 105 Å². The summed E-state index contributed by atoms with van der Waals surface area (Å²) in [6, 6.07) is 15.4. The first-order chi connectivity index (χ1) is 8.22. The number of aryl methyl sites for hydroxylation is 1. The lowest BCUT2D eigenvalue weighted by molar-refractivity contribution is 0.0982. The fourth-order valence-corrected chi connectivity index (χ4v) is 1.87. The first-order valence-corrected chi connectivity index (χ1v) is 5.67. The van der Waals surface area contributed by atoms with Gasteiger partial charge in [0.1, 0.15) is 0 Å². The predicted molar refractivity (Wildman–Crippen MR) is 69.9 cm³/mol. The number of hydrogen-bond acceptors (Lipinski definition) is 1. The lowest BCUT2D eigenvalue weighted by atomic mass is 9.97. The van der Waals surface area contributed by atoms with Crippen LogP contribution in [0, 0.1) is 6.92 Å². The molecule has 3 heteroatoms. The molecule has 0 aliphatic rings. The van der Waals surface area contributed by atoms with Crippen molar-refractivity contribution >= 4 is 17.7 Å². The van der Waals surface area contributed by atoms with Gasteiger partial charge in [-0.25, -0.2) is 0 Å². The van der Waals surface area contributed by atoms with Crippen LogP contribution in [0.2, 0.25) is 0 Å². The summed E-state index contributed by atoms with van der Waals surface area (Å²) in [5, 5.41) is 0. The average Bonchev–Trinajstić information content (AvgIpc) is 2.39. The highest BCUT2D eigenvalue weighted by molar-refractivity contribution is 6.25. The van der Waals surface area contributed by atoms with Gasteiger partial charge in [-0.15, -0.1) is 0 Å². The van der Waals surface area contributed by atoms with Crippen LogP contribution in [0.15, 0.2) is 48.5 Å². The van der Waals surface area contributed by atoms with Gasteiger partial charge >= 0.3 is 0 Å². The Hall–Kier alpha value is -1.80. The molecular weight excluding hydrogens is 234 g/mol. The van der Waals surface area contributed by atoms with Gasteiger partial charge in [0.15, 0.2) is 0 Å². The van der Waals surface area contributed by atoms with Crippen LogP contribution in [0.25, 0.3) is 11.1 Å². The van der Waals surface area contributed by atoms with Gasteiger partial charge in [-0.1, -0.05) is 48.0 Å². The molecule has 0 aromatic heterocycles. The number of carbonyl (C=O) groups excluding carboxylic acids is 1. The summed E-state index contributed by atoms with van der Waals surface area (Å²) in [4.78, 5) is 13.8. The van der Waals surface area contributed by atoms with Gasteiger partial charge in [-0.3, -0.25) is 9.63 Å². The number of halogens is 1. The van der Waals surface area contributed by atoms with E-state index >= 15 is 0 Å². The van der Waals surface area contributed by atoms with Crippen LogP contribution in [-0.4, -0.2) is 5.91 Å². The van der Waals surface area contributed by atoms with E-state index in [1.807, 2.05) is 49.4 Å². The molecule has 1 amide bonds. The standard InChI is InChI=1S/C14H12ClNO/c1-10-7-8-12(14(17)16-15)13(9-10)11-5-3-2-4-6-11/h2-9H,1H3,(H,16,17). The SMILES string of the molecule is Cc1ccc(C(=O)NCl)c(-c2ccccc2)c1. The molecule has 0 heterocycles. The zero-order chi connectivity index (χ0) is 12.3. The molecule has 0 fully saturated rings. The Morgan fingerprint density at radius 3 is 2.47 bits per heavy atom. The van der Waals surface area contributed by atoms with Crippen LogP contribution >= 0.6 is 11.8 Å². The first kappa shape index (κ1) is 11.7. The zero-order valence-corrected chi connectivity index (χ0v) is 10.2. The van der Waals surface area contributed by atoms with Crippen molar-refractivity contribution in [2.75, 3.05) is 0 Å². The zero-order valence-electron chi connectivity index (χ0n) is 9.41. The minimum absolute atomic E-state index is 0.287. The van der Waals surface area contributed by atoms with Crippen molar-refractivity contribution < 1.29 is 4.79 Å². The summed E-state index contributed by atoms with van der Waals surface area (Å²) >= 11 is 5.39. The quantitative estimate of drug-likeness (QED) is 0.806. The van der Waals surface area contributed by atoms with Crippen molar-refractivity contribution in [3.63, 3.8) is 0 Å². The van der Waals surface area contributed by atoms with Gasteiger partial charge in [-0.05, 0) is 24.1 Å². The molecule has 2 rings (SSSR count). The third-order valence-corrected chi connectivity index (χ3v) is 2.76. The Morgan fingerprint density at radius 1 is 1.12 bits per heavy atom. The monoisotopic (exact) mass is 245 g/mol. The van der Waals surface area contributed by atoms with Gasteiger partial charge < -0.3 is 0 Å². The number of carbonyl (C=O) groups is 1. The maximum Gasteiger partial charge on any atom is 0.266 e. The van der Waals surface area contributed by atoms with Crippen LogP contribution < -0.4 is 4.84 Å². The van der Waals surface area contributed by atoms with Crippen molar-refractivity contribution in [1.82, 2.24) is 4.84 Å². The second-order valence-electron chi connectivity index (χ2n) is 3.84. The van der Waals surface area contributed by atoms with Crippen molar-refractivity contribution in [3.8, 4) is 11.1 Å². The molecule has 0 atom stereocenters. The second kappa shape index (κ2) is 5.02. The highest BCUT2D eigenvalue weighted by Gasteiger charge is 2.11. The Kier molecular flexibility index (Phi) is 3.45. The number of hydrogen-bond donors (Lipinski definition) is 1. The second-order valence-corrected chi connectivity index (χ2v) is 4.03. The number of amides is 1. The van der Waals surface area contributed by atoms with Crippen molar-refractivity contribution in [1.29, 1.82) is 0 Å². The molecule has 0 aliphatic carbocycles. The smallest absolute Gasteiger partial charge is 0.266 e. The molecule has 0 spiro atoms. The van der Waals surface area contributed by atoms with Crippen LogP contribution in [0.3, 0.4) is 0 Å². The molecule has 2 nitrogen and oxygen atoms in total. The maximum atomic E-state index is 11.7. The fourth-order valence-electron chi connectivity index (χ4n) is 1.76. The van der Waals surface area contributed by atoms with Gasteiger partial charge in [0.25, 0.3) is 5.91 Å². The Balaban J connectivity index is 2.59. The van der Waals surface area contributed by atoms with E-state index in [0.29, 0.717) is 5.56 Å². The number of nitrogens with one attached hydrogen (secondary N) is 1. The maximum absolute atomic E-state index is 11.7. The average molecular weight is 246 g/mol. The lowest BCUT2D eigenvalue weighted by Crippen LogP contribution is -2.13. The highest BCUT2D eigenvalue weighted by Crippen LogP contribution is 2.24. The van der Waals surface area contributed by atoms with Crippen LogP contribution in [0.4, 0.5) is 0 Å². The largest absolute Gasteiger partial charge is 0.268 e. The Bertz CT molecular complexity index is 537. The molecule has 0 radical (unpaired) electrons. The summed E-state index contributed by atoms with van der Waals surface area (Å²) in [5.74, 6) is -0.287. The molecule has 0 saturated heterocycles. The molecule has 0 unspecified atom stereocenters. The number of benzene rings is 2. The summed E-state index contributed by atoms with van der Waals surface area (Å²) in [5.41, 5.74) is 3.59. The summed E-state index contributed by atoms with van der Waals surface area (Å²) in [6.45, 7) is 1.99. The van der Waals surface area contributed by atoms with E-state index in [1.54, 1.807) is 6.07 Å². The van der Waals surface area contributed by atoms with E-state index in [-0.39, 0.29) is 5.91 Å². The third-order valence-electron chi connectivity index (χ3n) is 2.59. The molecule has 2 aromatic rings. The predicted octanol–water partition coefficient (Wildman–Crippen LogP) is 3.55. The lowest BCUT2D eigenvalue weighted by Gasteiger charge is -2.09. The molecule has 0 aliphatic heterocycles. The van der Waals surface area contributed by atoms with Crippen LogP contribution in [0.5, 0.6) is 0 Å². The molecule has 0 bridgehead atoms. The van der Waals surface area contributed by atoms with Crippen LogP contribution in [0.1, 0.15) is 15.9 Å². The van der Waals surface area contributed by atoms with Crippen molar-refractivity contribution in [2.24, 2.45) is 0 Å². The molecule has 0 saturated carbocycles. The van der Waals surface area contributed by atoms with E-state index in [1.165, 1.54) is 0 Å². The summed E-state index contributed by atoms with van der Waals surface area (Å²) in [6.07, 6.45) is 0.